The van der Waals surface area contributed by atoms with Gasteiger partial charge in [0.05, 0.1) is 30.2 Å². The van der Waals surface area contributed by atoms with Crippen LogP contribution >= 0.6 is 0 Å². The van der Waals surface area contributed by atoms with Crippen LogP contribution in [0.15, 0.2) is 12.7 Å². The predicted octanol–water partition coefficient (Wildman–Crippen LogP) is -0.326. The van der Waals surface area contributed by atoms with E-state index in [-0.39, 0.29) is 31.2 Å². The summed E-state index contributed by atoms with van der Waals surface area (Å²) in [5, 5.41) is 20.2. The molecule has 3 atom stereocenters. The Balaban J connectivity index is 1.40. The Labute approximate surface area is 184 Å². The number of hydrogen-bond donors (Lipinski definition) is 4. The second-order valence-corrected chi connectivity index (χ2v) is 8.99. The van der Waals surface area contributed by atoms with Crippen molar-refractivity contribution in [3.63, 3.8) is 0 Å². The Hall–Kier alpha value is -2.83. The van der Waals surface area contributed by atoms with Crippen LogP contribution < -0.4 is 11.5 Å². The molecule has 1 amide bonds. The number of aromatic nitrogens is 4. The smallest absolute Gasteiger partial charge is 0.320 e. The highest BCUT2D eigenvalue weighted by atomic mass is 16.5. The highest BCUT2D eigenvalue weighted by molar-refractivity contribution is 5.81. The first-order valence-corrected chi connectivity index (χ1v) is 10.7. The van der Waals surface area contributed by atoms with Crippen LogP contribution in [0.2, 0.25) is 0 Å². The third kappa shape index (κ3) is 4.12. The number of imidazole rings is 1. The number of hydrogen-bond acceptors (Lipinski definition) is 9. The van der Waals surface area contributed by atoms with Crippen molar-refractivity contribution < 1.29 is 24.5 Å². The van der Waals surface area contributed by atoms with Crippen LogP contribution in [0.1, 0.15) is 45.1 Å². The number of amides is 1. The van der Waals surface area contributed by atoms with Crippen LogP contribution in [-0.2, 0) is 14.3 Å². The number of likely N-dealkylation sites (tertiary alicyclic amines) is 1. The SMILES string of the molecule is C[C@]1(O)CC2(CCN(C(=O)CC[C@@H](N)C(=O)O)CC2)OC[C@@H]1n1cnc2c(N)ncnc21. The zero-order valence-electron chi connectivity index (χ0n) is 18.0. The van der Waals surface area contributed by atoms with E-state index < -0.39 is 29.3 Å². The Morgan fingerprint density at radius 2 is 2.03 bits per heavy atom. The van der Waals surface area contributed by atoms with Crippen molar-refractivity contribution in [2.45, 2.75) is 62.3 Å². The topological polar surface area (TPSA) is 183 Å². The lowest BCUT2D eigenvalue weighted by atomic mass is 9.75. The van der Waals surface area contributed by atoms with Gasteiger partial charge >= 0.3 is 5.97 Å². The number of anilines is 1. The van der Waals surface area contributed by atoms with Crippen molar-refractivity contribution in [3.05, 3.63) is 12.7 Å². The number of piperidine rings is 1. The van der Waals surface area contributed by atoms with Crippen molar-refractivity contribution in [2.24, 2.45) is 5.73 Å². The van der Waals surface area contributed by atoms with E-state index in [9.17, 15) is 14.7 Å². The molecule has 2 aromatic heterocycles. The molecule has 12 nitrogen and oxygen atoms in total. The first kappa shape index (κ1) is 22.4. The van der Waals surface area contributed by atoms with E-state index in [4.69, 9.17) is 21.3 Å². The quantitative estimate of drug-likeness (QED) is 0.473. The predicted molar refractivity (Wildman–Crippen MR) is 113 cm³/mol. The zero-order valence-corrected chi connectivity index (χ0v) is 18.0. The summed E-state index contributed by atoms with van der Waals surface area (Å²) >= 11 is 0. The molecule has 0 bridgehead atoms. The minimum absolute atomic E-state index is 0.0970. The molecule has 0 saturated carbocycles. The van der Waals surface area contributed by atoms with Gasteiger partial charge in [-0.3, -0.25) is 9.59 Å². The zero-order chi connectivity index (χ0) is 23.1. The summed E-state index contributed by atoms with van der Waals surface area (Å²) < 4.78 is 8.08. The standard InChI is InChI=1S/C20H29N7O5/c1-19(31)9-20(4-6-26(7-5-20)14(28)3-2-12(21)18(29)30)32-8-13(19)27-11-25-15-16(22)23-10-24-17(15)27/h10-13,31H,2-9,21H2,1H3,(H,29,30)(H2,22,23,24)/t12-,13+,19+/m1/s1. The second-order valence-electron chi connectivity index (χ2n) is 8.99. The Morgan fingerprint density at radius 1 is 1.31 bits per heavy atom. The maximum atomic E-state index is 12.4. The molecule has 2 fully saturated rings. The molecule has 2 aliphatic rings. The Kier molecular flexibility index (Phi) is 5.77. The van der Waals surface area contributed by atoms with Crippen molar-refractivity contribution >= 4 is 28.9 Å². The average molecular weight is 447 g/mol. The minimum atomic E-state index is -1.11. The molecule has 0 aromatic carbocycles. The van der Waals surface area contributed by atoms with Crippen molar-refractivity contribution in [1.29, 1.82) is 0 Å². The lowest BCUT2D eigenvalue weighted by molar-refractivity contribution is -0.197. The van der Waals surface area contributed by atoms with Crippen LogP contribution in [0.4, 0.5) is 5.82 Å². The van der Waals surface area contributed by atoms with Crippen LogP contribution in [0, 0.1) is 0 Å². The summed E-state index contributed by atoms with van der Waals surface area (Å²) in [7, 11) is 0. The fraction of sp³-hybridized carbons (Fsp3) is 0.650. The van der Waals surface area contributed by atoms with E-state index in [1.54, 1.807) is 22.7 Å². The van der Waals surface area contributed by atoms with Gasteiger partial charge < -0.3 is 35.9 Å². The van der Waals surface area contributed by atoms with Crippen LogP contribution in [0.5, 0.6) is 0 Å². The highest BCUT2D eigenvalue weighted by Gasteiger charge is 2.50. The molecule has 4 heterocycles. The van der Waals surface area contributed by atoms with Gasteiger partial charge in [-0.1, -0.05) is 0 Å². The van der Waals surface area contributed by atoms with Gasteiger partial charge in [-0.05, 0) is 26.2 Å². The lowest BCUT2D eigenvalue weighted by Crippen LogP contribution is -2.58. The van der Waals surface area contributed by atoms with Gasteiger partial charge in [0.1, 0.15) is 17.9 Å². The summed E-state index contributed by atoms with van der Waals surface area (Å²) in [6.07, 6.45) is 4.75. The highest BCUT2D eigenvalue weighted by Crippen LogP contribution is 2.44. The maximum absolute atomic E-state index is 12.4. The van der Waals surface area contributed by atoms with Gasteiger partial charge in [0, 0.05) is 25.9 Å². The number of nitrogens with two attached hydrogens (primary N) is 2. The number of rotatable bonds is 5. The van der Waals surface area contributed by atoms with E-state index >= 15 is 0 Å². The Bertz CT molecular complexity index is 1010. The number of carbonyl (C=O) groups is 2. The average Bonchev–Trinajstić information content (AvgIpc) is 3.16. The van der Waals surface area contributed by atoms with E-state index in [0.717, 1.165) is 0 Å². The molecule has 174 valence electrons. The molecule has 0 aliphatic carbocycles. The van der Waals surface area contributed by atoms with Crippen molar-refractivity contribution in [2.75, 3.05) is 25.4 Å². The van der Waals surface area contributed by atoms with Crippen LogP contribution in [-0.4, -0.2) is 83.4 Å². The molecule has 32 heavy (non-hydrogen) atoms. The number of ether oxygens (including phenoxy) is 1. The molecule has 6 N–H and O–H groups in total. The van der Waals surface area contributed by atoms with Crippen molar-refractivity contribution in [1.82, 2.24) is 24.4 Å². The van der Waals surface area contributed by atoms with Gasteiger partial charge in [0.2, 0.25) is 5.91 Å². The number of nitrogens with zero attached hydrogens (tertiary/aromatic N) is 5. The number of fused-ring (bicyclic) bond motifs is 1. The van der Waals surface area contributed by atoms with E-state index in [0.29, 0.717) is 43.5 Å². The molecule has 0 radical (unpaired) electrons. The van der Waals surface area contributed by atoms with Gasteiger partial charge in [-0.2, -0.15) is 0 Å². The summed E-state index contributed by atoms with van der Waals surface area (Å²) in [4.78, 5) is 37.5. The summed E-state index contributed by atoms with van der Waals surface area (Å²) in [6, 6.07) is -1.44. The van der Waals surface area contributed by atoms with Crippen molar-refractivity contribution in [3.8, 4) is 0 Å². The summed E-state index contributed by atoms with van der Waals surface area (Å²) in [6.45, 7) is 3.02. The van der Waals surface area contributed by atoms with Gasteiger partial charge in [-0.15, -0.1) is 0 Å². The summed E-state index contributed by atoms with van der Waals surface area (Å²) in [5.74, 6) is -0.940. The number of nitrogen functional groups attached to an aromatic ring is 1. The third-order valence-corrected chi connectivity index (χ3v) is 6.68. The lowest BCUT2D eigenvalue weighted by Gasteiger charge is -2.51. The molecule has 0 unspecified atom stereocenters. The van der Waals surface area contributed by atoms with Crippen LogP contribution in [0.25, 0.3) is 11.2 Å². The molecular weight excluding hydrogens is 418 g/mol. The molecule has 1 spiro atoms. The van der Waals surface area contributed by atoms with Gasteiger partial charge in [-0.25, -0.2) is 15.0 Å². The fourth-order valence-corrected chi connectivity index (χ4v) is 4.78. The monoisotopic (exact) mass is 447 g/mol. The van der Waals surface area contributed by atoms with E-state index in [1.165, 1.54) is 6.33 Å². The second kappa shape index (κ2) is 8.26. The molecule has 12 heteroatoms. The number of carbonyl (C=O) groups excluding carboxylic acids is 1. The number of aliphatic carboxylic acids is 1. The third-order valence-electron chi connectivity index (χ3n) is 6.68. The maximum Gasteiger partial charge on any atom is 0.320 e. The normalized spacial score (nSPS) is 26.3. The molecule has 4 rings (SSSR count). The number of aliphatic hydroxyl groups is 1. The van der Waals surface area contributed by atoms with E-state index in [1.807, 2.05) is 0 Å². The minimum Gasteiger partial charge on any atom is -0.480 e. The largest absolute Gasteiger partial charge is 0.480 e. The van der Waals surface area contributed by atoms with Gasteiger partial charge in [0.15, 0.2) is 11.5 Å². The first-order valence-electron chi connectivity index (χ1n) is 10.7. The molecule has 2 saturated heterocycles. The molecule has 2 aromatic rings. The first-order chi connectivity index (χ1) is 15.1. The van der Waals surface area contributed by atoms with E-state index in [2.05, 4.69) is 15.0 Å². The molecule has 2 aliphatic heterocycles. The van der Waals surface area contributed by atoms with Gasteiger partial charge in [0.25, 0.3) is 0 Å². The summed E-state index contributed by atoms with van der Waals surface area (Å²) in [5.41, 5.74) is 10.8. The Morgan fingerprint density at radius 3 is 2.69 bits per heavy atom. The molecular formula is C20H29N7O5. The fourth-order valence-electron chi connectivity index (χ4n) is 4.78. The van der Waals surface area contributed by atoms with Crippen LogP contribution in [0.3, 0.4) is 0 Å². The number of carboxylic acids is 1. The number of carboxylic acid groups (broad SMARTS) is 1.